The number of aliphatic carboxylic acids is 1. The van der Waals surface area contributed by atoms with Crippen molar-refractivity contribution in [1.29, 1.82) is 0 Å². The smallest absolute Gasteiger partial charge is 0.326 e. The van der Waals surface area contributed by atoms with Crippen molar-refractivity contribution in [1.82, 2.24) is 25.3 Å². The molecule has 61 heavy (non-hydrogen) atoms. The number of likely N-dealkylation sites (N-methyl/N-ethyl adjacent to an activating group) is 2. The molecular formula is C45H77N5O10Si. The molecule has 0 radical (unpaired) electrons. The Labute approximate surface area is 365 Å². The van der Waals surface area contributed by atoms with Gasteiger partial charge in [0.15, 0.2) is 8.32 Å². The summed E-state index contributed by atoms with van der Waals surface area (Å²) in [5, 5.41) is 15.6. The first kappa shape index (κ1) is 53.3. The summed E-state index contributed by atoms with van der Waals surface area (Å²) in [7, 11) is 3.93. The van der Waals surface area contributed by atoms with Crippen LogP contribution in [0.3, 0.4) is 0 Å². The highest BCUT2D eigenvalue weighted by Crippen LogP contribution is 2.30. The Bertz CT molecular complexity index is 1590. The molecule has 16 heteroatoms. The predicted molar refractivity (Wildman–Crippen MR) is 238 cm³/mol. The van der Waals surface area contributed by atoms with Crippen molar-refractivity contribution in [3.05, 3.63) is 35.9 Å². The quantitative estimate of drug-likeness (QED) is 0.103. The SMILES string of the molecule is CC[C@H](C)[C@@H]([C@@H](CC(=O)N1CCC[C@H]1[C@H](OC)[C@@H](C)C(=O)N[C@@H](Cc1ccccc1)C(=O)O)OC)N(C)C(=O)[C@@H](NC(=O)[C@H](C(C)C)N(C)C(=O)CCC[Si](C)(C)O)C(C)C. The van der Waals surface area contributed by atoms with Crippen molar-refractivity contribution < 1.29 is 48.1 Å². The number of ether oxygens (including phenoxy) is 2. The van der Waals surface area contributed by atoms with Gasteiger partial charge in [0.2, 0.25) is 29.5 Å². The summed E-state index contributed by atoms with van der Waals surface area (Å²) >= 11 is 0. The van der Waals surface area contributed by atoms with Crippen molar-refractivity contribution in [2.45, 2.75) is 155 Å². The van der Waals surface area contributed by atoms with Crippen LogP contribution < -0.4 is 10.6 Å². The number of nitrogens with zero attached hydrogens (tertiary/aromatic N) is 3. The van der Waals surface area contributed by atoms with Gasteiger partial charge in [-0.3, -0.25) is 24.0 Å². The molecule has 0 bridgehead atoms. The van der Waals surface area contributed by atoms with E-state index >= 15 is 0 Å². The van der Waals surface area contributed by atoms with E-state index in [0.717, 1.165) is 5.56 Å². The third-order valence-corrected chi connectivity index (χ3v) is 13.9. The second-order valence-corrected chi connectivity index (χ2v) is 22.4. The molecule has 1 aromatic carbocycles. The van der Waals surface area contributed by atoms with E-state index in [0.29, 0.717) is 38.3 Å². The minimum atomic E-state index is -2.33. The van der Waals surface area contributed by atoms with Gasteiger partial charge >= 0.3 is 5.97 Å². The highest BCUT2D eigenvalue weighted by molar-refractivity contribution is 6.69. The average Bonchev–Trinajstić information content (AvgIpc) is 3.68. The topological polar surface area (TPSA) is 195 Å². The van der Waals surface area contributed by atoms with Crippen molar-refractivity contribution in [3.63, 3.8) is 0 Å². The van der Waals surface area contributed by atoms with Gasteiger partial charge in [-0.2, -0.15) is 0 Å². The summed E-state index contributed by atoms with van der Waals surface area (Å²) in [6.07, 6.45) is 1.25. The van der Waals surface area contributed by atoms with Crippen LogP contribution in [0.5, 0.6) is 0 Å². The average molecular weight is 876 g/mol. The number of benzene rings is 1. The van der Waals surface area contributed by atoms with Gasteiger partial charge in [-0.05, 0) is 61.7 Å². The molecule has 1 heterocycles. The first-order valence-corrected chi connectivity index (χ1v) is 25.1. The van der Waals surface area contributed by atoms with Gasteiger partial charge < -0.3 is 44.7 Å². The summed E-state index contributed by atoms with van der Waals surface area (Å²) in [6, 6.07) is 5.70. The number of carbonyl (C=O) groups excluding carboxylic acids is 5. The first-order valence-electron chi connectivity index (χ1n) is 22.0. The number of methoxy groups -OCH3 is 2. The summed E-state index contributed by atoms with van der Waals surface area (Å²) in [5.41, 5.74) is 0.770. The highest BCUT2D eigenvalue weighted by atomic mass is 28.4. The molecule has 1 aromatic rings. The van der Waals surface area contributed by atoms with Crippen LogP contribution in [0.4, 0.5) is 0 Å². The van der Waals surface area contributed by atoms with E-state index in [1.54, 1.807) is 43.0 Å². The molecule has 0 spiro atoms. The molecule has 1 fully saturated rings. The molecule has 346 valence electrons. The lowest BCUT2D eigenvalue weighted by molar-refractivity contribution is -0.149. The van der Waals surface area contributed by atoms with Crippen LogP contribution in [0.1, 0.15) is 92.6 Å². The number of carboxylic acids is 1. The summed E-state index contributed by atoms with van der Waals surface area (Å²) < 4.78 is 11.9. The van der Waals surface area contributed by atoms with Crippen LogP contribution in [0.15, 0.2) is 30.3 Å². The van der Waals surface area contributed by atoms with E-state index in [1.807, 2.05) is 72.8 Å². The molecule has 4 N–H and O–H groups in total. The molecule has 9 atom stereocenters. The van der Waals surface area contributed by atoms with Gasteiger partial charge in [-0.1, -0.05) is 85.2 Å². The normalized spacial score (nSPS) is 18.4. The second-order valence-electron chi connectivity index (χ2n) is 18.3. The van der Waals surface area contributed by atoms with E-state index in [2.05, 4.69) is 10.6 Å². The van der Waals surface area contributed by atoms with Crippen LogP contribution in [0.2, 0.25) is 19.1 Å². The van der Waals surface area contributed by atoms with Gasteiger partial charge in [0, 0.05) is 47.7 Å². The Kier molecular flexibility index (Phi) is 21.6. The molecule has 0 aromatic heterocycles. The molecule has 1 aliphatic rings. The first-order chi connectivity index (χ1) is 28.5. The fourth-order valence-electron chi connectivity index (χ4n) is 8.56. The van der Waals surface area contributed by atoms with E-state index in [4.69, 9.17) is 9.47 Å². The second kappa shape index (κ2) is 24.7. The number of amides is 5. The zero-order valence-electron chi connectivity index (χ0n) is 39.1. The maximum atomic E-state index is 14.5. The van der Waals surface area contributed by atoms with Crippen LogP contribution in [-0.2, 0) is 44.7 Å². The largest absolute Gasteiger partial charge is 0.480 e. The molecule has 0 aliphatic carbocycles. The van der Waals surface area contributed by atoms with E-state index < -0.39 is 74.4 Å². The Morgan fingerprint density at radius 1 is 0.902 bits per heavy atom. The number of hydrogen-bond donors (Lipinski definition) is 4. The molecule has 5 amide bonds. The molecular weight excluding hydrogens is 799 g/mol. The van der Waals surface area contributed by atoms with Gasteiger partial charge in [0.05, 0.1) is 36.6 Å². The van der Waals surface area contributed by atoms with Gasteiger partial charge in [-0.15, -0.1) is 0 Å². The van der Waals surface area contributed by atoms with Crippen molar-refractivity contribution in [3.8, 4) is 0 Å². The van der Waals surface area contributed by atoms with Crippen LogP contribution in [-0.4, -0.2) is 146 Å². The Morgan fingerprint density at radius 2 is 1.52 bits per heavy atom. The molecule has 1 aliphatic heterocycles. The molecule has 2 rings (SSSR count). The zero-order valence-corrected chi connectivity index (χ0v) is 40.1. The lowest BCUT2D eigenvalue weighted by atomic mass is 9.89. The maximum Gasteiger partial charge on any atom is 0.326 e. The molecule has 0 saturated carbocycles. The lowest BCUT2D eigenvalue weighted by Crippen LogP contribution is -2.60. The summed E-state index contributed by atoms with van der Waals surface area (Å²) in [5.74, 6) is -4.33. The predicted octanol–water partition coefficient (Wildman–Crippen LogP) is 4.32. The monoisotopic (exact) mass is 876 g/mol. The molecule has 15 nitrogen and oxygen atoms in total. The Hall–Kier alpha value is -3.86. The van der Waals surface area contributed by atoms with Crippen LogP contribution in [0.25, 0.3) is 0 Å². The molecule has 0 unspecified atom stereocenters. The standard InChI is InChI=1S/C45H77N5O10Si/c1-14-30(6)40(49(9)44(55)38(28(2)3)47-43(54)39(29(4)5)48(8)36(51)23-19-25-61(12,13)58)35(59-10)27-37(52)50-24-18-22-34(50)41(60-11)31(7)42(53)46-33(45(56)57)26-32-20-16-15-17-21-32/h15-17,20-21,28-31,33-35,38-41,58H,14,18-19,22-27H2,1-13H3,(H,46,53)(H,47,54)(H,56,57)/t30-,31+,33-,34-,35+,38-,39-,40-,41+/m0/s1. The zero-order chi connectivity index (χ0) is 46.4. The summed E-state index contributed by atoms with van der Waals surface area (Å²) in [4.78, 5) is 96.6. The van der Waals surface area contributed by atoms with Crippen molar-refractivity contribution >= 4 is 43.8 Å². The van der Waals surface area contributed by atoms with Gasteiger partial charge in [0.1, 0.15) is 18.1 Å². The third-order valence-electron chi connectivity index (χ3n) is 12.3. The Morgan fingerprint density at radius 3 is 2.03 bits per heavy atom. The number of carbonyl (C=O) groups is 6. The van der Waals surface area contributed by atoms with Crippen molar-refractivity contribution in [2.24, 2.45) is 23.7 Å². The van der Waals surface area contributed by atoms with Crippen LogP contribution in [0, 0.1) is 23.7 Å². The fourth-order valence-corrected chi connectivity index (χ4v) is 9.60. The third kappa shape index (κ3) is 15.5. The maximum absolute atomic E-state index is 14.5. The minimum absolute atomic E-state index is 0.0637. The number of rotatable bonds is 25. The lowest BCUT2D eigenvalue weighted by Gasteiger charge is -2.41. The number of nitrogens with one attached hydrogen (secondary N) is 2. The van der Waals surface area contributed by atoms with E-state index in [1.165, 1.54) is 19.1 Å². The van der Waals surface area contributed by atoms with Crippen LogP contribution >= 0.6 is 0 Å². The molecule has 1 saturated heterocycles. The Balaban J connectivity index is 2.28. The van der Waals surface area contributed by atoms with Gasteiger partial charge in [0.25, 0.3) is 0 Å². The fraction of sp³-hybridized carbons (Fsp3) is 0.733. The van der Waals surface area contributed by atoms with Gasteiger partial charge in [-0.25, -0.2) is 4.79 Å². The minimum Gasteiger partial charge on any atom is -0.480 e. The highest BCUT2D eigenvalue weighted by Gasteiger charge is 2.44. The summed E-state index contributed by atoms with van der Waals surface area (Å²) in [6.45, 7) is 17.1. The number of hydrogen-bond acceptors (Lipinski definition) is 9. The number of carboxylic acid groups (broad SMARTS) is 1. The van der Waals surface area contributed by atoms with E-state index in [9.17, 15) is 38.7 Å². The van der Waals surface area contributed by atoms with E-state index in [-0.39, 0.29) is 54.7 Å². The van der Waals surface area contributed by atoms with Crippen molar-refractivity contribution in [2.75, 3.05) is 34.9 Å². The number of likely N-dealkylation sites (tertiary alicyclic amines) is 1.